The van der Waals surface area contributed by atoms with Crippen LogP contribution in [0, 0.1) is 24.5 Å². The molecular formula is C23H22F2N4O5. The van der Waals surface area contributed by atoms with Gasteiger partial charge >= 0.3 is 12.0 Å². The highest BCUT2D eigenvalue weighted by Gasteiger charge is 2.27. The second-order valence-corrected chi connectivity index (χ2v) is 8.16. The summed E-state index contributed by atoms with van der Waals surface area (Å²) in [5.74, 6) is -3.34. The lowest BCUT2D eigenvalue weighted by molar-refractivity contribution is -0.143. The zero-order valence-electron chi connectivity index (χ0n) is 18.3. The molecule has 0 unspecified atom stereocenters. The van der Waals surface area contributed by atoms with Gasteiger partial charge in [0.05, 0.1) is 5.92 Å². The number of aromatic nitrogens is 3. The van der Waals surface area contributed by atoms with Crippen LogP contribution in [-0.4, -0.2) is 38.1 Å². The smallest absolute Gasteiger partial charge is 0.320 e. The van der Waals surface area contributed by atoms with Gasteiger partial charge in [0.1, 0.15) is 6.10 Å². The van der Waals surface area contributed by atoms with Crippen LogP contribution in [0.4, 0.5) is 20.5 Å². The van der Waals surface area contributed by atoms with Crippen molar-refractivity contribution in [2.75, 3.05) is 5.32 Å². The standard InChI is InChI=1S/C23H22F2N4O5/c1-12-8-13(11-26-20(12)33-16-5-2-14(3-6-16)22(31)32)9-19(30)21-28-29-23(34-21)27-15-4-7-17(24)18(25)10-15/h4,7-8,10-11,14,16H,2-3,5-6,9H2,1H3,(H,27,29)(H,31,32). The normalized spacial score (nSPS) is 17.9. The van der Waals surface area contributed by atoms with E-state index in [0.29, 0.717) is 37.1 Å². The number of Topliss-reactive ketones (excluding diaryl/α,β-unsaturated/α-hetero) is 1. The summed E-state index contributed by atoms with van der Waals surface area (Å²) >= 11 is 0. The molecule has 2 aromatic heterocycles. The van der Waals surface area contributed by atoms with E-state index in [-0.39, 0.29) is 36.0 Å². The number of carbonyl (C=O) groups is 2. The van der Waals surface area contributed by atoms with Crippen molar-refractivity contribution in [1.82, 2.24) is 15.2 Å². The summed E-state index contributed by atoms with van der Waals surface area (Å²) in [6.45, 7) is 1.82. The van der Waals surface area contributed by atoms with E-state index in [2.05, 4.69) is 20.5 Å². The van der Waals surface area contributed by atoms with Crippen LogP contribution in [0.15, 0.2) is 34.9 Å². The Bertz CT molecular complexity index is 1210. The summed E-state index contributed by atoms with van der Waals surface area (Å²) in [6.07, 6.45) is 3.84. The summed E-state index contributed by atoms with van der Waals surface area (Å²) < 4.78 is 37.6. The Kier molecular flexibility index (Phi) is 6.80. The third-order valence-electron chi connectivity index (χ3n) is 5.59. The molecule has 11 heteroatoms. The Morgan fingerprint density at radius 2 is 1.91 bits per heavy atom. The summed E-state index contributed by atoms with van der Waals surface area (Å²) in [5, 5.41) is 19.1. The van der Waals surface area contributed by atoms with Gasteiger partial charge in [-0.2, -0.15) is 0 Å². The first-order valence-electron chi connectivity index (χ1n) is 10.7. The molecule has 0 radical (unpaired) electrons. The monoisotopic (exact) mass is 472 g/mol. The van der Waals surface area contributed by atoms with E-state index in [1.165, 1.54) is 12.3 Å². The van der Waals surface area contributed by atoms with E-state index < -0.39 is 23.4 Å². The van der Waals surface area contributed by atoms with Gasteiger partial charge in [-0.15, -0.1) is 5.10 Å². The largest absolute Gasteiger partial charge is 0.481 e. The first kappa shape index (κ1) is 23.3. The van der Waals surface area contributed by atoms with Crippen LogP contribution in [0.1, 0.15) is 47.5 Å². The predicted molar refractivity (Wildman–Crippen MR) is 115 cm³/mol. The molecule has 1 saturated carbocycles. The molecule has 0 amide bonds. The van der Waals surface area contributed by atoms with Crippen LogP contribution < -0.4 is 10.1 Å². The Balaban J connectivity index is 1.34. The Morgan fingerprint density at radius 1 is 1.15 bits per heavy atom. The van der Waals surface area contributed by atoms with Gasteiger partial charge in [0.2, 0.25) is 11.7 Å². The van der Waals surface area contributed by atoms with Crippen molar-refractivity contribution in [2.45, 2.75) is 45.1 Å². The molecule has 1 aliphatic rings. The number of halogens is 2. The minimum Gasteiger partial charge on any atom is -0.481 e. The molecule has 0 spiro atoms. The Hall–Kier alpha value is -3.89. The Labute approximate surface area is 193 Å². The minimum absolute atomic E-state index is 0.0371. The SMILES string of the molecule is Cc1cc(CC(=O)c2nnc(Nc3ccc(F)c(F)c3)o2)cnc1OC1CCC(C(=O)O)CC1. The van der Waals surface area contributed by atoms with Crippen molar-refractivity contribution in [3.8, 4) is 5.88 Å². The van der Waals surface area contributed by atoms with Gasteiger partial charge in [0.25, 0.3) is 5.89 Å². The maximum absolute atomic E-state index is 13.3. The van der Waals surface area contributed by atoms with Crippen LogP contribution in [0.5, 0.6) is 5.88 Å². The van der Waals surface area contributed by atoms with Crippen molar-refractivity contribution in [1.29, 1.82) is 0 Å². The third-order valence-corrected chi connectivity index (χ3v) is 5.59. The molecule has 1 aromatic carbocycles. The topological polar surface area (TPSA) is 127 Å². The van der Waals surface area contributed by atoms with Crippen molar-refractivity contribution >= 4 is 23.5 Å². The number of ketones is 1. The summed E-state index contributed by atoms with van der Waals surface area (Å²) in [7, 11) is 0. The zero-order valence-corrected chi connectivity index (χ0v) is 18.3. The van der Waals surface area contributed by atoms with Gasteiger partial charge in [0.15, 0.2) is 11.6 Å². The molecule has 1 aliphatic carbocycles. The van der Waals surface area contributed by atoms with Crippen LogP contribution in [0.25, 0.3) is 0 Å². The highest BCUT2D eigenvalue weighted by atomic mass is 19.2. The molecule has 9 nitrogen and oxygen atoms in total. The number of pyridine rings is 1. The molecule has 3 aromatic rings. The maximum Gasteiger partial charge on any atom is 0.320 e. The van der Waals surface area contributed by atoms with E-state index in [0.717, 1.165) is 17.7 Å². The number of carboxylic acid groups (broad SMARTS) is 1. The number of hydrogen-bond donors (Lipinski definition) is 2. The van der Waals surface area contributed by atoms with Crippen molar-refractivity contribution in [2.24, 2.45) is 5.92 Å². The number of rotatable bonds is 8. The number of benzene rings is 1. The number of aryl methyl sites for hydroxylation is 1. The molecule has 178 valence electrons. The third kappa shape index (κ3) is 5.53. The predicted octanol–water partition coefficient (Wildman–Crippen LogP) is 4.24. The highest BCUT2D eigenvalue weighted by Crippen LogP contribution is 2.28. The van der Waals surface area contributed by atoms with E-state index in [1.54, 1.807) is 6.07 Å². The molecule has 34 heavy (non-hydrogen) atoms. The molecule has 0 bridgehead atoms. The number of hydrogen-bond acceptors (Lipinski definition) is 8. The molecule has 0 atom stereocenters. The quantitative estimate of drug-likeness (QED) is 0.463. The van der Waals surface area contributed by atoms with Crippen molar-refractivity contribution in [3.63, 3.8) is 0 Å². The Morgan fingerprint density at radius 3 is 2.59 bits per heavy atom. The van der Waals surface area contributed by atoms with Crippen LogP contribution in [-0.2, 0) is 11.2 Å². The summed E-state index contributed by atoms with van der Waals surface area (Å²) in [6, 6.07) is 4.81. The molecule has 1 fully saturated rings. The van der Waals surface area contributed by atoms with Crippen molar-refractivity contribution < 1.29 is 32.6 Å². The van der Waals surface area contributed by atoms with E-state index in [4.69, 9.17) is 14.3 Å². The number of ether oxygens (including phenoxy) is 1. The maximum atomic E-state index is 13.3. The van der Waals surface area contributed by atoms with Gasteiger partial charge in [-0.3, -0.25) is 9.59 Å². The van der Waals surface area contributed by atoms with Gasteiger partial charge in [0, 0.05) is 29.9 Å². The zero-order chi connectivity index (χ0) is 24.2. The number of nitrogens with one attached hydrogen (secondary N) is 1. The fourth-order valence-electron chi connectivity index (χ4n) is 3.77. The molecule has 2 heterocycles. The minimum atomic E-state index is -1.04. The number of nitrogens with zero attached hydrogens (tertiary/aromatic N) is 3. The summed E-state index contributed by atoms with van der Waals surface area (Å²) in [5.41, 5.74) is 1.56. The molecule has 4 rings (SSSR count). The fraction of sp³-hybridized carbons (Fsp3) is 0.348. The number of aliphatic carboxylic acids is 1. The highest BCUT2D eigenvalue weighted by molar-refractivity contribution is 5.93. The van der Waals surface area contributed by atoms with Gasteiger partial charge in [-0.1, -0.05) is 5.10 Å². The van der Waals surface area contributed by atoms with E-state index >= 15 is 0 Å². The second-order valence-electron chi connectivity index (χ2n) is 8.16. The van der Waals surface area contributed by atoms with E-state index in [1.807, 2.05) is 6.92 Å². The lowest BCUT2D eigenvalue weighted by atomic mass is 9.87. The number of carbonyl (C=O) groups excluding carboxylic acids is 1. The van der Waals surface area contributed by atoms with Crippen molar-refractivity contribution in [3.05, 3.63) is 59.1 Å². The van der Waals surface area contributed by atoms with Crippen LogP contribution in [0.3, 0.4) is 0 Å². The van der Waals surface area contributed by atoms with Gasteiger partial charge in [-0.05, 0) is 56.4 Å². The van der Waals surface area contributed by atoms with E-state index in [9.17, 15) is 18.4 Å². The summed E-state index contributed by atoms with van der Waals surface area (Å²) in [4.78, 5) is 27.9. The second kappa shape index (κ2) is 9.94. The lowest BCUT2D eigenvalue weighted by Gasteiger charge is -2.26. The van der Waals surface area contributed by atoms with Gasteiger partial charge in [-0.25, -0.2) is 13.8 Å². The first-order valence-corrected chi connectivity index (χ1v) is 10.7. The molecule has 2 N–H and O–H groups in total. The number of anilines is 2. The number of carboxylic acids is 1. The average molecular weight is 472 g/mol. The van der Waals surface area contributed by atoms with Crippen LogP contribution >= 0.6 is 0 Å². The lowest BCUT2D eigenvalue weighted by Crippen LogP contribution is -2.28. The fourth-order valence-corrected chi connectivity index (χ4v) is 3.77. The van der Waals surface area contributed by atoms with Gasteiger partial charge < -0.3 is 19.6 Å². The first-order chi connectivity index (χ1) is 16.3. The van der Waals surface area contributed by atoms with Crippen LogP contribution in [0.2, 0.25) is 0 Å². The molecular weight excluding hydrogens is 450 g/mol. The average Bonchev–Trinajstić information content (AvgIpc) is 3.27. The molecule has 0 aliphatic heterocycles. The molecule has 0 saturated heterocycles.